The molecule has 25 heavy (non-hydrogen) atoms. The van der Waals surface area contributed by atoms with Crippen molar-refractivity contribution < 1.29 is 23.9 Å². The van der Waals surface area contributed by atoms with E-state index in [-0.39, 0.29) is 23.2 Å². The first-order chi connectivity index (χ1) is 11.7. The highest BCUT2D eigenvalue weighted by Gasteiger charge is 2.62. The second-order valence-electron chi connectivity index (χ2n) is 7.54. The van der Waals surface area contributed by atoms with Crippen LogP contribution < -0.4 is 0 Å². The fraction of sp³-hybridized carbons (Fsp3) is 0.550. The molecule has 1 heterocycles. The minimum absolute atomic E-state index is 0.0687. The lowest BCUT2D eigenvalue weighted by atomic mass is 9.67. The second-order valence-corrected chi connectivity index (χ2v) is 7.54. The Balaban J connectivity index is 2.09. The van der Waals surface area contributed by atoms with Crippen LogP contribution in [0.2, 0.25) is 0 Å². The number of carbonyl (C=O) groups is 3. The van der Waals surface area contributed by atoms with Crippen LogP contribution in [0.15, 0.2) is 36.0 Å². The lowest BCUT2D eigenvalue weighted by Crippen LogP contribution is -2.49. The topological polar surface area (TPSA) is 69.7 Å². The van der Waals surface area contributed by atoms with E-state index in [9.17, 15) is 14.4 Å². The molecule has 2 fully saturated rings. The monoisotopic (exact) mass is 344 g/mol. The van der Waals surface area contributed by atoms with Crippen LogP contribution >= 0.6 is 0 Å². The Kier molecular flexibility index (Phi) is 4.21. The molecule has 6 unspecified atom stereocenters. The summed E-state index contributed by atoms with van der Waals surface area (Å²) in [5.74, 6) is -1.47. The maximum Gasteiger partial charge on any atom is 0.334 e. The number of rotatable bonds is 2. The molecule has 0 N–H and O–H groups in total. The van der Waals surface area contributed by atoms with Crippen LogP contribution in [-0.2, 0) is 23.9 Å². The first kappa shape index (κ1) is 17.6. The van der Waals surface area contributed by atoms with E-state index in [2.05, 4.69) is 6.58 Å². The Morgan fingerprint density at radius 2 is 2.12 bits per heavy atom. The summed E-state index contributed by atoms with van der Waals surface area (Å²) < 4.78 is 11.3. The molecule has 3 rings (SSSR count). The van der Waals surface area contributed by atoms with Gasteiger partial charge in [0, 0.05) is 11.1 Å². The summed E-state index contributed by atoms with van der Waals surface area (Å²) in [4.78, 5) is 37.3. The molecule has 1 saturated carbocycles. The fourth-order valence-electron chi connectivity index (χ4n) is 4.47. The van der Waals surface area contributed by atoms with Crippen molar-refractivity contribution in [1.82, 2.24) is 0 Å². The molecule has 5 heteroatoms. The van der Waals surface area contributed by atoms with Crippen molar-refractivity contribution in [3.8, 4) is 0 Å². The van der Waals surface area contributed by atoms with Crippen LogP contribution in [0.1, 0.15) is 34.1 Å². The van der Waals surface area contributed by atoms with E-state index in [1.54, 1.807) is 26.0 Å². The molecule has 0 aromatic rings. The normalized spacial score (nSPS) is 40.4. The third kappa shape index (κ3) is 2.48. The van der Waals surface area contributed by atoms with E-state index < -0.39 is 35.5 Å². The highest BCUT2D eigenvalue weighted by atomic mass is 16.6. The van der Waals surface area contributed by atoms with Gasteiger partial charge in [0.1, 0.15) is 12.2 Å². The molecule has 1 aliphatic heterocycles. The van der Waals surface area contributed by atoms with Crippen LogP contribution in [-0.4, -0.2) is 29.9 Å². The lowest BCUT2D eigenvalue weighted by Gasteiger charge is -2.39. The molecule has 0 bridgehead atoms. The smallest absolute Gasteiger partial charge is 0.334 e. The third-order valence-electron chi connectivity index (χ3n) is 6.13. The predicted octanol–water partition coefficient (Wildman–Crippen LogP) is 2.76. The molecule has 0 amide bonds. The number of esters is 2. The molecule has 6 atom stereocenters. The number of ether oxygens (including phenoxy) is 2. The third-order valence-corrected chi connectivity index (χ3v) is 6.13. The molecule has 5 nitrogen and oxygen atoms in total. The molecule has 0 spiro atoms. The Morgan fingerprint density at radius 1 is 1.44 bits per heavy atom. The molecule has 3 aliphatic rings. The first-order valence-corrected chi connectivity index (χ1v) is 8.68. The van der Waals surface area contributed by atoms with Gasteiger partial charge >= 0.3 is 11.9 Å². The van der Waals surface area contributed by atoms with Gasteiger partial charge in [0.15, 0.2) is 5.78 Å². The average Bonchev–Trinajstić information content (AvgIpc) is 2.99. The minimum Gasteiger partial charge on any atom is -0.458 e. The standard InChI is InChI=1S/C20H24O5/c1-6-10(2)18(22)25-17-16-12(4)19(23)24-14(16)9-11(3)13-7-8-15(21)20(13,17)5/h6-8,11,13-14,16-17H,4,9H2,1-3,5H3. The second kappa shape index (κ2) is 5.97. The maximum atomic E-state index is 12.8. The fourth-order valence-corrected chi connectivity index (χ4v) is 4.47. The zero-order valence-electron chi connectivity index (χ0n) is 15.1. The van der Waals surface area contributed by atoms with Crippen molar-refractivity contribution in [3.05, 3.63) is 36.0 Å². The average molecular weight is 344 g/mol. The number of hydrogen-bond acceptors (Lipinski definition) is 5. The van der Waals surface area contributed by atoms with Crippen LogP contribution in [0, 0.1) is 23.2 Å². The first-order valence-electron chi connectivity index (χ1n) is 8.68. The van der Waals surface area contributed by atoms with Crippen molar-refractivity contribution in [3.63, 3.8) is 0 Å². The molecular weight excluding hydrogens is 320 g/mol. The van der Waals surface area contributed by atoms with Gasteiger partial charge in [-0.1, -0.05) is 25.7 Å². The molecule has 2 aliphatic carbocycles. The van der Waals surface area contributed by atoms with Crippen molar-refractivity contribution in [1.29, 1.82) is 0 Å². The molecule has 1 saturated heterocycles. The van der Waals surface area contributed by atoms with Crippen molar-refractivity contribution in [2.75, 3.05) is 0 Å². The summed E-state index contributed by atoms with van der Waals surface area (Å²) in [5.41, 5.74) is -0.169. The van der Waals surface area contributed by atoms with Gasteiger partial charge in [-0.05, 0) is 45.1 Å². The van der Waals surface area contributed by atoms with Crippen LogP contribution in [0.25, 0.3) is 0 Å². The summed E-state index contributed by atoms with van der Waals surface area (Å²) in [6, 6.07) is 0. The highest BCUT2D eigenvalue weighted by molar-refractivity contribution is 5.99. The van der Waals surface area contributed by atoms with E-state index >= 15 is 0 Å². The summed E-state index contributed by atoms with van der Waals surface area (Å²) in [6.07, 6.45) is 4.56. The van der Waals surface area contributed by atoms with Gasteiger partial charge in [-0.2, -0.15) is 0 Å². The number of hydrogen-bond donors (Lipinski definition) is 0. The quantitative estimate of drug-likeness (QED) is 0.569. The van der Waals surface area contributed by atoms with Crippen molar-refractivity contribution in [2.24, 2.45) is 23.2 Å². The number of fused-ring (bicyclic) bond motifs is 2. The Morgan fingerprint density at radius 3 is 2.76 bits per heavy atom. The molecular formula is C20H24O5. The number of carbonyl (C=O) groups excluding carboxylic acids is 3. The van der Waals surface area contributed by atoms with Gasteiger partial charge < -0.3 is 9.47 Å². The molecule has 134 valence electrons. The summed E-state index contributed by atoms with van der Waals surface area (Å²) in [7, 11) is 0. The number of allylic oxidation sites excluding steroid dienone is 3. The van der Waals surface area contributed by atoms with Crippen LogP contribution in [0.5, 0.6) is 0 Å². The van der Waals surface area contributed by atoms with Gasteiger partial charge in [-0.25, -0.2) is 9.59 Å². The molecule has 0 aromatic carbocycles. The summed E-state index contributed by atoms with van der Waals surface area (Å²) in [5, 5.41) is 0. The van der Waals surface area contributed by atoms with E-state index in [4.69, 9.17) is 9.47 Å². The van der Waals surface area contributed by atoms with Gasteiger partial charge in [-0.3, -0.25) is 4.79 Å². The van der Waals surface area contributed by atoms with E-state index in [1.165, 1.54) is 0 Å². The van der Waals surface area contributed by atoms with Crippen molar-refractivity contribution in [2.45, 2.75) is 46.3 Å². The van der Waals surface area contributed by atoms with Gasteiger partial charge in [-0.15, -0.1) is 0 Å². The Bertz CT molecular complexity index is 716. The van der Waals surface area contributed by atoms with Crippen molar-refractivity contribution >= 4 is 17.7 Å². The molecule has 0 aromatic heterocycles. The predicted molar refractivity (Wildman–Crippen MR) is 91.3 cm³/mol. The largest absolute Gasteiger partial charge is 0.458 e. The Labute approximate surface area is 147 Å². The zero-order chi connectivity index (χ0) is 18.5. The minimum atomic E-state index is -0.917. The SMILES string of the molecule is C=C1C(=O)OC2CC(C)C3C=CC(=O)C3(C)C(OC(=O)C(C)=CC)C12. The van der Waals surface area contributed by atoms with E-state index in [1.807, 2.05) is 19.9 Å². The van der Waals surface area contributed by atoms with Gasteiger partial charge in [0.05, 0.1) is 11.3 Å². The number of ketones is 1. The molecule has 0 radical (unpaired) electrons. The van der Waals surface area contributed by atoms with Crippen LogP contribution in [0.3, 0.4) is 0 Å². The lowest BCUT2D eigenvalue weighted by molar-refractivity contribution is -0.160. The highest BCUT2D eigenvalue weighted by Crippen LogP contribution is 2.54. The Hall–Kier alpha value is -2.17. The van der Waals surface area contributed by atoms with E-state index in [0.29, 0.717) is 12.0 Å². The van der Waals surface area contributed by atoms with Crippen LogP contribution in [0.4, 0.5) is 0 Å². The maximum absolute atomic E-state index is 12.8. The van der Waals surface area contributed by atoms with Gasteiger partial charge in [0.2, 0.25) is 0 Å². The summed E-state index contributed by atoms with van der Waals surface area (Å²) >= 11 is 0. The van der Waals surface area contributed by atoms with Gasteiger partial charge in [0.25, 0.3) is 0 Å². The zero-order valence-corrected chi connectivity index (χ0v) is 15.1. The van der Waals surface area contributed by atoms with E-state index in [0.717, 1.165) is 0 Å². The summed E-state index contributed by atoms with van der Waals surface area (Å²) in [6.45, 7) is 11.2.